The number of amides is 1. The van der Waals surface area contributed by atoms with Gasteiger partial charge in [0, 0.05) is 17.8 Å². The molecule has 3 nitrogen and oxygen atoms in total. The Morgan fingerprint density at radius 3 is 2.79 bits per heavy atom. The first kappa shape index (κ1) is 10.6. The molecule has 1 amide bonds. The van der Waals surface area contributed by atoms with Crippen LogP contribution in [0.15, 0.2) is 18.2 Å². The van der Waals surface area contributed by atoms with Gasteiger partial charge >= 0.3 is 0 Å². The van der Waals surface area contributed by atoms with E-state index in [1.165, 1.54) is 0 Å². The lowest BCUT2D eigenvalue weighted by atomic mass is 10.2. The summed E-state index contributed by atoms with van der Waals surface area (Å²) in [5.41, 5.74) is 8.22. The van der Waals surface area contributed by atoms with Crippen molar-refractivity contribution in [2.75, 3.05) is 11.1 Å². The molecule has 76 valence electrons. The van der Waals surface area contributed by atoms with E-state index in [0.717, 1.165) is 17.7 Å². The molecular weight excluding hydrogens is 176 g/mol. The number of nitrogen functional groups attached to an aromatic ring is 1. The molecule has 0 saturated heterocycles. The lowest BCUT2D eigenvalue weighted by molar-refractivity contribution is -0.116. The maximum absolute atomic E-state index is 11.3. The van der Waals surface area contributed by atoms with E-state index in [2.05, 4.69) is 5.32 Å². The van der Waals surface area contributed by atoms with Crippen molar-refractivity contribution in [1.29, 1.82) is 0 Å². The molecule has 1 aromatic carbocycles. The first-order valence-electron chi connectivity index (χ1n) is 4.79. The van der Waals surface area contributed by atoms with Crippen molar-refractivity contribution in [3.63, 3.8) is 0 Å². The molecule has 0 radical (unpaired) electrons. The Kier molecular flexibility index (Phi) is 3.51. The molecule has 0 aliphatic heterocycles. The normalized spacial score (nSPS) is 9.86. The number of anilines is 2. The van der Waals surface area contributed by atoms with Gasteiger partial charge in [0.15, 0.2) is 0 Å². The molecule has 0 saturated carbocycles. The van der Waals surface area contributed by atoms with Crippen molar-refractivity contribution >= 4 is 17.3 Å². The third-order valence-electron chi connectivity index (χ3n) is 2.04. The van der Waals surface area contributed by atoms with E-state index in [0.29, 0.717) is 12.1 Å². The van der Waals surface area contributed by atoms with Gasteiger partial charge in [-0.1, -0.05) is 13.0 Å². The fourth-order valence-electron chi connectivity index (χ4n) is 1.17. The van der Waals surface area contributed by atoms with E-state index in [1.807, 2.05) is 26.0 Å². The van der Waals surface area contributed by atoms with E-state index in [9.17, 15) is 4.79 Å². The fraction of sp³-hybridized carbons (Fsp3) is 0.364. The summed E-state index contributed by atoms with van der Waals surface area (Å²) in [6, 6.07) is 5.54. The van der Waals surface area contributed by atoms with E-state index in [4.69, 9.17) is 5.73 Å². The molecule has 0 atom stereocenters. The van der Waals surface area contributed by atoms with Crippen molar-refractivity contribution in [2.24, 2.45) is 0 Å². The van der Waals surface area contributed by atoms with E-state index < -0.39 is 0 Å². The first-order valence-corrected chi connectivity index (χ1v) is 4.79. The van der Waals surface area contributed by atoms with Crippen LogP contribution in [0.2, 0.25) is 0 Å². The summed E-state index contributed by atoms with van der Waals surface area (Å²) in [5.74, 6) is 0.0377. The standard InChI is InChI=1S/C11H16N2O/c1-3-4-11(14)13-9-6-5-8(2)10(12)7-9/h5-7H,3-4,12H2,1-2H3,(H,13,14). The van der Waals surface area contributed by atoms with E-state index >= 15 is 0 Å². The van der Waals surface area contributed by atoms with Crippen molar-refractivity contribution in [1.82, 2.24) is 0 Å². The smallest absolute Gasteiger partial charge is 0.224 e. The van der Waals surface area contributed by atoms with Crippen LogP contribution >= 0.6 is 0 Å². The number of rotatable bonds is 3. The second kappa shape index (κ2) is 4.65. The third kappa shape index (κ3) is 2.76. The average Bonchev–Trinajstić information content (AvgIpc) is 2.12. The van der Waals surface area contributed by atoms with Crippen LogP contribution in [0.4, 0.5) is 11.4 Å². The molecule has 0 aliphatic carbocycles. The number of nitrogens with one attached hydrogen (secondary N) is 1. The molecule has 1 aromatic rings. The van der Waals surface area contributed by atoms with Crippen LogP contribution in [0.5, 0.6) is 0 Å². The topological polar surface area (TPSA) is 55.1 Å². The van der Waals surface area contributed by atoms with Crippen molar-refractivity contribution in [3.8, 4) is 0 Å². The van der Waals surface area contributed by atoms with Crippen LogP contribution < -0.4 is 11.1 Å². The minimum atomic E-state index is 0.0377. The first-order chi connectivity index (χ1) is 6.63. The average molecular weight is 192 g/mol. The molecule has 0 aliphatic rings. The molecule has 0 aromatic heterocycles. The van der Waals surface area contributed by atoms with Crippen LogP contribution in [-0.4, -0.2) is 5.91 Å². The van der Waals surface area contributed by atoms with Gasteiger partial charge < -0.3 is 11.1 Å². The number of carbonyl (C=O) groups is 1. The highest BCUT2D eigenvalue weighted by Crippen LogP contribution is 2.16. The Morgan fingerprint density at radius 2 is 2.21 bits per heavy atom. The highest BCUT2D eigenvalue weighted by molar-refractivity contribution is 5.91. The second-order valence-electron chi connectivity index (χ2n) is 3.37. The number of aryl methyl sites for hydroxylation is 1. The van der Waals surface area contributed by atoms with Crippen molar-refractivity contribution in [2.45, 2.75) is 26.7 Å². The summed E-state index contributed by atoms with van der Waals surface area (Å²) < 4.78 is 0. The van der Waals surface area contributed by atoms with Crippen molar-refractivity contribution in [3.05, 3.63) is 23.8 Å². The molecular formula is C11H16N2O. The summed E-state index contributed by atoms with van der Waals surface area (Å²) in [6.45, 7) is 3.91. The minimum absolute atomic E-state index is 0.0377. The monoisotopic (exact) mass is 192 g/mol. The predicted molar refractivity (Wildman–Crippen MR) is 59.1 cm³/mol. The van der Waals surface area contributed by atoms with Gasteiger partial charge in [-0.15, -0.1) is 0 Å². The number of nitrogens with two attached hydrogens (primary N) is 1. The number of carbonyl (C=O) groups excluding carboxylic acids is 1. The Bertz CT molecular complexity index is 334. The predicted octanol–water partition coefficient (Wildman–Crippen LogP) is 2.32. The van der Waals surface area contributed by atoms with Gasteiger partial charge in [-0.25, -0.2) is 0 Å². The summed E-state index contributed by atoms with van der Waals surface area (Å²) in [4.78, 5) is 11.3. The van der Waals surface area contributed by atoms with Gasteiger partial charge in [-0.3, -0.25) is 4.79 Å². The fourth-order valence-corrected chi connectivity index (χ4v) is 1.17. The van der Waals surface area contributed by atoms with Gasteiger partial charge in [0.25, 0.3) is 0 Å². The van der Waals surface area contributed by atoms with E-state index in [-0.39, 0.29) is 5.91 Å². The highest BCUT2D eigenvalue weighted by Gasteiger charge is 2.01. The van der Waals surface area contributed by atoms with Gasteiger partial charge in [-0.2, -0.15) is 0 Å². The zero-order valence-electron chi connectivity index (χ0n) is 8.63. The SMILES string of the molecule is CCCC(=O)Nc1ccc(C)c(N)c1. The number of hydrogen-bond donors (Lipinski definition) is 2. The zero-order chi connectivity index (χ0) is 10.6. The molecule has 0 fully saturated rings. The summed E-state index contributed by atoms with van der Waals surface area (Å²) in [6.07, 6.45) is 1.40. The summed E-state index contributed by atoms with van der Waals surface area (Å²) in [7, 11) is 0. The maximum Gasteiger partial charge on any atom is 0.224 e. The van der Waals surface area contributed by atoms with Gasteiger partial charge in [0.1, 0.15) is 0 Å². The van der Waals surface area contributed by atoms with Crippen LogP contribution in [0, 0.1) is 6.92 Å². The van der Waals surface area contributed by atoms with Crippen LogP contribution in [0.1, 0.15) is 25.3 Å². The lowest BCUT2D eigenvalue weighted by Gasteiger charge is -2.06. The van der Waals surface area contributed by atoms with Crippen molar-refractivity contribution < 1.29 is 4.79 Å². The summed E-state index contributed by atoms with van der Waals surface area (Å²) >= 11 is 0. The molecule has 14 heavy (non-hydrogen) atoms. The molecule has 0 spiro atoms. The molecule has 1 rings (SSSR count). The number of benzene rings is 1. The molecule has 0 heterocycles. The van der Waals surface area contributed by atoms with Crippen LogP contribution in [-0.2, 0) is 4.79 Å². The lowest BCUT2D eigenvalue weighted by Crippen LogP contribution is -2.10. The van der Waals surface area contributed by atoms with E-state index in [1.54, 1.807) is 6.07 Å². The Labute approximate surface area is 84.3 Å². The number of hydrogen-bond acceptors (Lipinski definition) is 2. The summed E-state index contributed by atoms with van der Waals surface area (Å²) in [5, 5.41) is 2.79. The Morgan fingerprint density at radius 1 is 1.50 bits per heavy atom. The molecule has 3 N–H and O–H groups in total. The van der Waals surface area contributed by atoms with Crippen LogP contribution in [0.25, 0.3) is 0 Å². The maximum atomic E-state index is 11.3. The van der Waals surface area contributed by atoms with Gasteiger partial charge in [-0.05, 0) is 31.0 Å². The zero-order valence-corrected chi connectivity index (χ0v) is 8.63. The minimum Gasteiger partial charge on any atom is -0.398 e. The van der Waals surface area contributed by atoms with Gasteiger partial charge in [0.2, 0.25) is 5.91 Å². The van der Waals surface area contributed by atoms with Gasteiger partial charge in [0.05, 0.1) is 0 Å². The Hall–Kier alpha value is -1.51. The third-order valence-corrected chi connectivity index (χ3v) is 2.04. The quantitative estimate of drug-likeness (QED) is 0.722. The highest BCUT2D eigenvalue weighted by atomic mass is 16.1. The molecule has 3 heteroatoms. The molecule has 0 unspecified atom stereocenters. The largest absolute Gasteiger partial charge is 0.398 e. The molecule has 0 bridgehead atoms. The van der Waals surface area contributed by atoms with Crippen LogP contribution in [0.3, 0.4) is 0 Å². The Balaban J connectivity index is 2.68. The second-order valence-corrected chi connectivity index (χ2v) is 3.37.